The highest BCUT2D eigenvalue weighted by Gasteiger charge is 2.28. The molecule has 0 saturated heterocycles. The molecule has 1 aliphatic carbocycles. The van der Waals surface area contributed by atoms with Crippen LogP contribution in [-0.4, -0.2) is 56.0 Å². The summed E-state index contributed by atoms with van der Waals surface area (Å²) in [6, 6.07) is 0. The fourth-order valence-electron chi connectivity index (χ4n) is 2.88. The van der Waals surface area contributed by atoms with Gasteiger partial charge in [-0.15, -0.1) is 11.3 Å². The molecule has 1 atom stereocenters. The molecule has 1 heterocycles. The Hall–Kier alpha value is -2.68. The van der Waals surface area contributed by atoms with Crippen molar-refractivity contribution in [2.75, 3.05) is 32.6 Å². The molecule has 1 N–H and O–H groups in total. The van der Waals surface area contributed by atoms with Gasteiger partial charge >= 0.3 is 11.9 Å². The maximum atomic E-state index is 12.4. The second kappa shape index (κ2) is 10.2. The van der Waals surface area contributed by atoms with E-state index in [0.717, 1.165) is 17.8 Å². The number of allylic oxidation sites excluding steroid dienone is 2. The summed E-state index contributed by atoms with van der Waals surface area (Å²) in [6.07, 6.45) is 6.06. The first-order valence-corrected chi connectivity index (χ1v) is 10.2. The van der Waals surface area contributed by atoms with Gasteiger partial charge in [0, 0.05) is 14.1 Å². The van der Waals surface area contributed by atoms with Gasteiger partial charge in [-0.05, 0) is 38.7 Å². The van der Waals surface area contributed by atoms with Crippen molar-refractivity contribution in [1.82, 2.24) is 4.90 Å². The Labute approximate surface area is 173 Å². The van der Waals surface area contributed by atoms with E-state index < -0.39 is 24.5 Å². The molecule has 158 valence electrons. The van der Waals surface area contributed by atoms with Gasteiger partial charge in [0.2, 0.25) is 0 Å². The molecule has 2 amide bonds. The molecule has 0 unspecified atom stereocenters. The Morgan fingerprint density at radius 3 is 2.52 bits per heavy atom. The maximum absolute atomic E-state index is 12.4. The zero-order valence-corrected chi connectivity index (χ0v) is 17.9. The van der Waals surface area contributed by atoms with Crippen LogP contribution in [0.15, 0.2) is 12.2 Å². The van der Waals surface area contributed by atoms with E-state index >= 15 is 0 Å². The van der Waals surface area contributed by atoms with Gasteiger partial charge in [0.05, 0.1) is 23.0 Å². The molecule has 29 heavy (non-hydrogen) atoms. The predicted octanol–water partition coefficient (Wildman–Crippen LogP) is 2.77. The second-order valence-corrected chi connectivity index (χ2v) is 7.84. The van der Waals surface area contributed by atoms with E-state index in [1.54, 1.807) is 27.9 Å². The summed E-state index contributed by atoms with van der Waals surface area (Å²) in [5, 5.41) is 2.78. The van der Waals surface area contributed by atoms with E-state index in [-0.39, 0.29) is 29.0 Å². The molecule has 1 aromatic rings. The van der Waals surface area contributed by atoms with Crippen molar-refractivity contribution >= 4 is 40.1 Å². The fourth-order valence-corrected chi connectivity index (χ4v) is 4.12. The van der Waals surface area contributed by atoms with Gasteiger partial charge in [0.25, 0.3) is 11.8 Å². The molecule has 1 aromatic heterocycles. The Morgan fingerprint density at radius 2 is 1.93 bits per heavy atom. The van der Waals surface area contributed by atoms with Gasteiger partial charge in [0.1, 0.15) is 5.00 Å². The Kier molecular flexibility index (Phi) is 7.95. The molecule has 0 spiro atoms. The monoisotopic (exact) mass is 422 g/mol. The van der Waals surface area contributed by atoms with Crippen LogP contribution in [0.4, 0.5) is 5.00 Å². The molecule has 0 aromatic carbocycles. The largest absolute Gasteiger partial charge is 0.462 e. The molecule has 0 aliphatic heterocycles. The second-order valence-electron chi connectivity index (χ2n) is 6.82. The molecular formula is C20H26N2O6S. The summed E-state index contributed by atoms with van der Waals surface area (Å²) >= 11 is 0.994. The third-order valence-electron chi connectivity index (χ3n) is 4.43. The van der Waals surface area contributed by atoms with Gasteiger partial charge in [-0.2, -0.15) is 0 Å². The Balaban J connectivity index is 2.13. The van der Waals surface area contributed by atoms with Crippen LogP contribution in [0.5, 0.6) is 0 Å². The van der Waals surface area contributed by atoms with E-state index in [2.05, 4.69) is 5.32 Å². The number of ether oxygens (including phenoxy) is 2. The number of hydrogen-bond acceptors (Lipinski definition) is 7. The van der Waals surface area contributed by atoms with E-state index in [0.29, 0.717) is 23.3 Å². The lowest BCUT2D eigenvalue weighted by Crippen LogP contribution is -2.25. The van der Waals surface area contributed by atoms with Crippen molar-refractivity contribution < 1.29 is 28.7 Å². The highest BCUT2D eigenvalue weighted by molar-refractivity contribution is 7.18. The topological polar surface area (TPSA) is 102 Å². The van der Waals surface area contributed by atoms with Crippen LogP contribution < -0.4 is 5.32 Å². The number of esters is 2. The number of carbonyl (C=O) groups excluding carboxylic acids is 4. The minimum absolute atomic E-state index is 0.138. The quantitative estimate of drug-likeness (QED) is 0.535. The highest BCUT2D eigenvalue weighted by Crippen LogP contribution is 2.34. The number of rotatable bonds is 7. The highest BCUT2D eigenvalue weighted by atomic mass is 32.1. The predicted molar refractivity (Wildman–Crippen MR) is 109 cm³/mol. The molecule has 0 fully saturated rings. The molecule has 9 heteroatoms. The average molecular weight is 423 g/mol. The van der Waals surface area contributed by atoms with Crippen LogP contribution in [0.2, 0.25) is 0 Å². The molecule has 1 aliphatic rings. The fraction of sp³-hybridized carbons (Fsp3) is 0.500. The SMILES string of the molecule is CCOC(=O)c1c(NC(=O)COC(=O)[C@@H]2CC=CCC2)sc(C(=O)N(C)C)c1C. The first kappa shape index (κ1) is 22.6. The van der Waals surface area contributed by atoms with Crippen LogP contribution >= 0.6 is 11.3 Å². The van der Waals surface area contributed by atoms with Gasteiger partial charge in [-0.25, -0.2) is 4.79 Å². The third-order valence-corrected chi connectivity index (χ3v) is 5.62. The number of amides is 2. The van der Waals surface area contributed by atoms with E-state index in [1.807, 2.05) is 12.2 Å². The first-order valence-electron chi connectivity index (χ1n) is 9.39. The lowest BCUT2D eigenvalue weighted by molar-refractivity contribution is -0.151. The van der Waals surface area contributed by atoms with E-state index in [9.17, 15) is 19.2 Å². The Morgan fingerprint density at radius 1 is 1.21 bits per heavy atom. The number of anilines is 1. The molecule has 0 bridgehead atoms. The van der Waals surface area contributed by atoms with Gasteiger partial charge in [-0.1, -0.05) is 12.2 Å². The van der Waals surface area contributed by atoms with Crippen LogP contribution in [-0.2, 0) is 19.1 Å². The molecule has 2 rings (SSSR count). The van der Waals surface area contributed by atoms with Crippen LogP contribution in [0.1, 0.15) is 51.8 Å². The maximum Gasteiger partial charge on any atom is 0.341 e. The summed E-state index contributed by atoms with van der Waals surface area (Å²) < 4.78 is 10.2. The van der Waals surface area contributed by atoms with Crippen LogP contribution in [0.25, 0.3) is 0 Å². The van der Waals surface area contributed by atoms with Crippen molar-refractivity contribution in [2.45, 2.75) is 33.1 Å². The minimum Gasteiger partial charge on any atom is -0.462 e. The van der Waals surface area contributed by atoms with Crippen molar-refractivity contribution in [3.63, 3.8) is 0 Å². The third kappa shape index (κ3) is 5.66. The van der Waals surface area contributed by atoms with Crippen molar-refractivity contribution in [1.29, 1.82) is 0 Å². The minimum atomic E-state index is -0.625. The lowest BCUT2D eigenvalue weighted by Gasteiger charge is -2.16. The van der Waals surface area contributed by atoms with Crippen LogP contribution in [0, 0.1) is 12.8 Å². The van der Waals surface area contributed by atoms with Crippen molar-refractivity contribution in [3.05, 3.63) is 28.2 Å². The smallest absolute Gasteiger partial charge is 0.341 e. The molecule has 8 nitrogen and oxygen atoms in total. The number of nitrogens with zero attached hydrogens (tertiary/aromatic N) is 1. The molecule has 0 saturated carbocycles. The number of nitrogens with one attached hydrogen (secondary N) is 1. The van der Waals surface area contributed by atoms with E-state index in [1.165, 1.54) is 4.90 Å². The van der Waals surface area contributed by atoms with Crippen molar-refractivity contribution in [3.8, 4) is 0 Å². The zero-order valence-electron chi connectivity index (χ0n) is 17.1. The number of hydrogen-bond donors (Lipinski definition) is 1. The summed E-state index contributed by atoms with van der Waals surface area (Å²) in [4.78, 5) is 50.9. The van der Waals surface area contributed by atoms with Crippen LogP contribution in [0.3, 0.4) is 0 Å². The first-order chi connectivity index (χ1) is 13.8. The molecule has 0 radical (unpaired) electrons. The number of thiophene rings is 1. The lowest BCUT2D eigenvalue weighted by atomic mass is 9.95. The zero-order chi connectivity index (χ0) is 21.6. The summed E-state index contributed by atoms with van der Waals surface area (Å²) in [5.41, 5.74) is 0.576. The normalized spacial score (nSPS) is 15.5. The summed E-state index contributed by atoms with van der Waals surface area (Å²) in [6.45, 7) is 3.00. The van der Waals surface area contributed by atoms with Gasteiger partial charge in [-0.3, -0.25) is 14.4 Å². The molecular weight excluding hydrogens is 396 g/mol. The summed E-state index contributed by atoms with van der Waals surface area (Å²) in [5.74, 6) is -2.15. The average Bonchev–Trinajstić information content (AvgIpc) is 3.01. The van der Waals surface area contributed by atoms with Crippen molar-refractivity contribution in [2.24, 2.45) is 5.92 Å². The summed E-state index contributed by atoms with van der Waals surface area (Å²) in [7, 11) is 3.20. The van der Waals surface area contributed by atoms with E-state index in [4.69, 9.17) is 9.47 Å². The standard InChI is InChI=1S/C20H26N2O6S/c1-5-27-20(26)15-12(2)16(18(24)22(3)4)29-17(15)21-14(23)11-28-19(25)13-9-7-6-8-10-13/h6-7,13H,5,8-11H2,1-4H3,(H,21,23)/t13-/m1/s1. The van der Waals surface area contributed by atoms with Gasteiger partial charge < -0.3 is 19.7 Å². The number of carbonyl (C=O) groups is 4. The Bertz CT molecular complexity index is 827. The van der Waals surface area contributed by atoms with Gasteiger partial charge in [0.15, 0.2) is 6.61 Å².